The highest BCUT2D eigenvalue weighted by molar-refractivity contribution is 9.11. The Bertz CT molecular complexity index is 1150. The smallest absolute Gasteiger partial charge is 0.271 e. The number of ether oxygens (including phenoxy) is 3. The lowest BCUT2D eigenvalue weighted by molar-refractivity contribution is 0.0954. The van der Waals surface area contributed by atoms with Crippen LogP contribution in [0.15, 0.2) is 87.4 Å². The molecule has 0 unspecified atom stereocenters. The number of amides is 1. The van der Waals surface area contributed by atoms with Gasteiger partial charge in [0, 0.05) is 15.6 Å². The molecule has 0 saturated carbocycles. The van der Waals surface area contributed by atoms with Crippen molar-refractivity contribution in [2.75, 3.05) is 13.7 Å². The molecule has 8 heteroatoms. The number of rotatable bonds is 10. The van der Waals surface area contributed by atoms with E-state index in [2.05, 4.69) is 49.0 Å². The largest absolute Gasteiger partial charge is 0.493 e. The summed E-state index contributed by atoms with van der Waals surface area (Å²) in [5, 5.41) is 4.11. The van der Waals surface area contributed by atoms with Gasteiger partial charge in [0.2, 0.25) is 0 Å². The lowest BCUT2D eigenvalue weighted by atomic mass is 10.2. The SMILES string of the molecule is C=CCOc1ccc(C(=O)N/N=C/c2cc(Br)cc(Br)c2OCc2ccccc2)cc1OC. The van der Waals surface area contributed by atoms with Gasteiger partial charge in [-0.1, -0.05) is 58.9 Å². The molecule has 3 rings (SSSR count). The molecule has 170 valence electrons. The van der Waals surface area contributed by atoms with Crippen LogP contribution in [0, 0.1) is 0 Å². The molecular weight excluding hydrogens is 552 g/mol. The molecule has 0 atom stereocenters. The van der Waals surface area contributed by atoms with Crippen molar-refractivity contribution in [3.63, 3.8) is 0 Å². The van der Waals surface area contributed by atoms with Gasteiger partial charge in [-0.25, -0.2) is 5.43 Å². The average molecular weight is 574 g/mol. The highest BCUT2D eigenvalue weighted by Gasteiger charge is 2.12. The summed E-state index contributed by atoms with van der Waals surface area (Å²) < 4.78 is 18.4. The Morgan fingerprint density at radius 3 is 2.58 bits per heavy atom. The molecule has 0 aliphatic carbocycles. The molecule has 1 N–H and O–H groups in total. The lowest BCUT2D eigenvalue weighted by Crippen LogP contribution is -2.17. The Morgan fingerprint density at radius 1 is 1.06 bits per heavy atom. The summed E-state index contributed by atoms with van der Waals surface area (Å²) in [7, 11) is 1.51. The molecular formula is C25H22Br2N2O4. The fourth-order valence-corrected chi connectivity index (χ4v) is 4.23. The molecule has 3 aromatic rings. The van der Waals surface area contributed by atoms with Gasteiger partial charge in [-0.2, -0.15) is 5.10 Å². The Morgan fingerprint density at radius 2 is 1.85 bits per heavy atom. The number of carbonyl (C=O) groups is 1. The zero-order valence-corrected chi connectivity index (χ0v) is 21.1. The fourth-order valence-electron chi connectivity index (χ4n) is 2.86. The number of methoxy groups -OCH3 is 1. The molecule has 0 aliphatic heterocycles. The topological polar surface area (TPSA) is 69.2 Å². The zero-order chi connectivity index (χ0) is 23.6. The van der Waals surface area contributed by atoms with Crippen LogP contribution in [0.1, 0.15) is 21.5 Å². The third-order valence-corrected chi connectivity index (χ3v) is 5.46. The van der Waals surface area contributed by atoms with Crippen molar-refractivity contribution in [2.24, 2.45) is 5.10 Å². The highest BCUT2D eigenvalue weighted by Crippen LogP contribution is 2.33. The van der Waals surface area contributed by atoms with Crippen molar-refractivity contribution in [3.05, 3.63) is 99.0 Å². The monoisotopic (exact) mass is 572 g/mol. The normalized spacial score (nSPS) is 10.6. The van der Waals surface area contributed by atoms with Gasteiger partial charge in [-0.15, -0.1) is 0 Å². The molecule has 0 aromatic heterocycles. The summed E-state index contributed by atoms with van der Waals surface area (Å²) in [6.07, 6.45) is 3.17. The van der Waals surface area contributed by atoms with Gasteiger partial charge in [0.25, 0.3) is 5.91 Å². The van der Waals surface area contributed by atoms with Crippen molar-refractivity contribution >= 4 is 44.0 Å². The number of carbonyl (C=O) groups excluding carboxylic acids is 1. The second kappa shape index (κ2) is 12.2. The Kier molecular flexibility index (Phi) is 9.09. The van der Waals surface area contributed by atoms with Gasteiger partial charge >= 0.3 is 0 Å². The maximum atomic E-state index is 12.6. The minimum absolute atomic E-state index is 0.336. The van der Waals surface area contributed by atoms with Gasteiger partial charge in [0.1, 0.15) is 19.0 Å². The molecule has 33 heavy (non-hydrogen) atoms. The van der Waals surface area contributed by atoms with Crippen molar-refractivity contribution < 1.29 is 19.0 Å². The summed E-state index contributed by atoms with van der Waals surface area (Å²) in [6.45, 7) is 4.35. The van der Waals surface area contributed by atoms with E-state index in [1.807, 2.05) is 42.5 Å². The fraction of sp³-hybridized carbons (Fsp3) is 0.120. The van der Waals surface area contributed by atoms with E-state index in [9.17, 15) is 4.79 Å². The van der Waals surface area contributed by atoms with E-state index in [0.717, 1.165) is 14.5 Å². The van der Waals surface area contributed by atoms with Gasteiger partial charge < -0.3 is 14.2 Å². The predicted molar refractivity (Wildman–Crippen MR) is 136 cm³/mol. The second-order valence-corrected chi connectivity index (χ2v) is 8.51. The van der Waals surface area contributed by atoms with Crippen LogP contribution in [0.2, 0.25) is 0 Å². The maximum absolute atomic E-state index is 12.6. The quantitative estimate of drug-likeness (QED) is 0.180. The molecule has 0 fully saturated rings. The van der Waals surface area contributed by atoms with Gasteiger partial charge in [0.05, 0.1) is 17.8 Å². The standard InChI is InChI=1S/C25H22Br2N2O4/c1-3-11-32-22-10-9-18(13-23(22)31-2)25(30)29-28-15-19-12-20(26)14-21(27)24(19)33-16-17-7-5-4-6-8-17/h3-10,12-15H,1,11,16H2,2H3,(H,29,30)/b28-15+. The molecule has 6 nitrogen and oxygen atoms in total. The summed E-state index contributed by atoms with van der Waals surface area (Å²) in [6, 6.07) is 18.5. The third kappa shape index (κ3) is 6.94. The second-order valence-electron chi connectivity index (χ2n) is 6.74. The average Bonchev–Trinajstić information content (AvgIpc) is 2.82. The van der Waals surface area contributed by atoms with Gasteiger partial charge in [-0.3, -0.25) is 4.79 Å². The molecule has 0 spiro atoms. The Balaban J connectivity index is 1.72. The number of hydrazone groups is 1. The van der Waals surface area contributed by atoms with Crippen LogP contribution in [0.5, 0.6) is 17.2 Å². The molecule has 3 aromatic carbocycles. The van der Waals surface area contributed by atoms with Crippen molar-refractivity contribution in [1.29, 1.82) is 0 Å². The number of hydrogen-bond acceptors (Lipinski definition) is 5. The number of nitrogens with one attached hydrogen (secondary N) is 1. The Hall–Kier alpha value is -3.10. The van der Waals surface area contributed by atoms with Crippen molar-refractivity contribution in [3.8, 4) is 17.2 Å². The van der Waals surface area contributed by atoms with E-state index in [1.54, 1.807) is 24.3 Å². The summed E-state index contributed by atoms with van der Waals surface area (Å²) in [5.74, 6) is 1.20. The molecule has 1 amide bonds. The lowest BCUT2D eigenvalue weighted by Gasteiger charge is -2.12. The molecule has 0 heterocycles. The third-order valence-electron chi connectivity index (χ3n) is 4.42. The molecule has 0 saturated heterocycles. The molecule has 0 bridgehead atoms. The summed E-state index contributed by atoms with van der Waals surface area (Å²) >= 11 is 7.01. The first-order valence-electron chi connectivity index (χ1n) is 9.92. The van der Waals surface area contributed by atoms with E-state index in [1.165, 1.54) is 13.3 Å². The summed E-state index contributed by atoms with van der Waals surface area (Å²) in [4.78, 5) is 12.6. The maximum Gasteiger partial charge on any atom is 0.271 e. The first-order chi connectivity index (χ1) is 16.0. The first-order valence-corrected chi connectivity index (χ1v) is 11.5. The van der Waals surface area contributed by atoms with Gasteiger partial charge in [0.15, 0.2) is 11.5 Å². The van der Waals surface area contributed by atoms with Crippen molar-refractivity contribution in [1.82, 2.24) is 5.43 Å². The predicted octanol–water partition coefficient (Wildman–Crippen LogP) is 6.13. The van der Waals surface area contributed by atoms with Crippen LogP contribution in [-0.2, 0) is 6.61 Å². The zero-order valence-electron chi connectivity index (χ0n) is 17.9. The van der Waals surface area contributed by atoms with Crippen LogP contribution < -0.4 is 19.6 Å². The number of halogens is 2. The molecule has 0 aliphatic rings. The van der Waals surface area contributed by atoms with E-state index in [4.69, 9.17) is 14.2 Å². The van der Waals surface area contributed by atoms with Crippen molar-refractivity contribution in [2.45, 2.75) is 6.61 Å². The van der Waals surface area contributed by atoms with Crippen LogP contribution in [-0.4, -0.2) is 25.8 Å². The summed E-state index contributed by atoms with van der Waals surface area (Å²) in [5.41, 5.74) is 4.65. The van der Waals surface area contributed by atoms with Gasteiger partial charge in [-0.05, 0) is 51.8 Å². The number of nitrogens with zero attached hydrogens (tertiary/aromatic N) is 1. The Labute approximate surface area is 209 Å². The van der Waals surface area contributed by atoms with Crippen LogP contribution >= 0.6 is 31.9 Å². The van der Waals surface area contributed by atoms with Crippen LogP contribution in [0.25, 0.3) is 0 Å². The minimum atomic E-state index is -0.388. The first kappa shape index (κ1) is 24.5. The van der Waals surface area contributed by atoms with Crippen LogP contribution in [0.4, 0.5) is 0 Å². The number of benzene rings is 3. The number of hydrogen-bond donors (Lipinski definition) is 1. The highest BCUT2D eigenvalue weighted by atomic mass is 79.9. The minimum Gasteiger partial charge on any atom is -0.493 e. The molecule has 0 radical (unpaired) electrons. The van der Waals surface area contributed by atoms with E-state index >= 15 is 0 Å². The van der Waals surface area contributed by atoms with E-state index in [0.29, 0.717) is 41.6 Å². The van der Waals surface area contributed by atoms with Crippen LogP contribution in [0.3, 0.4) is 0 Å². The van der Waals surface area contributed by atoms with E-state index in [-0.39, 0.29) is 5.91 Å². The van der Waals surface area contributed by atoms with E-state index < -0.39 is 0 Å².